The van der Waals surface area contributed by atoms with Crippen molar-refractivity contribution in [3.63, 3.8) is 0 Å². The van der Waals surface area contributed by atoms with E-state index in [1.807, 2.05) is 36.4 Å². The fourth-order valence-corrected chi connectivity index (χ4v) is 2.89. The average molecular weight is 348 g/mol. The zero-order valence-electron chi connectivity index (χ0n) is 14.4. The summed E-state index contributed by atoms with van der Waals surface area (Å²) < 4.78 is 0. The second-order valence-corrected chi connectivity index (χ2v) is 5.96. The van der Waals surface area contributed by atoms with E-state index in [-0.39, 0.29) is 5.91 Å². The van der Waals surface area contributed by atoms with Crippen LogP contribution in [-0.4, -0.2) is 30.4 Å². The molecule has 0 fully saturated rings. The van der Waals surface area contributed by atoms with Crippen LogP contribution in [0.15, 0.2) is 60.8 Å². The van der Waals surface area contributed by atoms with E-state index >= 15 is 0 Å². The summed E-state index contributed by atoms with van der Waals surface area (Å²) in [4.78, 5) is 26.8. The molecule has 0 aliphatic carbocycles. The Morgan fingerprint density at radius 2 is 2.00 bits per heavy atom. The fraction of sp³-hybridized carbons (Fsp3) is 0.100. The van der Waals surface area contributed by atoms with E-state index in [9.17, 15) is 9.59 Å². The molecule has 3 rings (SSSR count). The molecule has 1 aromatic heterocycles. The van der Waals surface area contributed by atoms with E-state index in [0.717, 1.165) is 16.5 Å². The van der Waals surface area contributed by atoms with Crippen molar-refractivity contribution in [3.8, 4) is 11.1 Å². The van der Waals surface area contributed by atoms with E-state index in [2.05, 4.69) is 22.2 Å². The highest BCUT2D eigenvalue weighted by Gasteiger charge is 2.13. The molecule has 0 aliphatic heterocycles. The number of rotatable bonds is 6. The van der Waals surface area contributed by atoms with Gasteiger partial charge in [0.2, 0.25) is 0 Å². The van der Waals surface area contributed by atoms with Gasteiger partial charge in [-0.1, -0.05) is 24.8 Å². The number of benzene rings is 2. The molecule has 6 heteroatoms. The predicted octanol–water partition coefficient (Wildman–Crippen LogP) is 2.65. The van der Waals surface area contributed by atoms with Crippen LogP contribution < -0.4 is 16.4 Å². The molecule has 0 bridgehead atoms. The van der Waals surface area contributed by atoms with Crippen molar-refractivity contribution in [1.29, 1.82) is 0 Å². The van der Waals surface area contributed by atoms with Gasteiger partial charge >= 0.3 is 0 Å². The van der Waals surface area contributed by atoms with Crippen LogP contribution in [0.5, 0.6) is 0 Å². The van der Waals surface area contributed by atoms with Gasteiger partial charge in [-0.25, -0.2) is 0 Å². The number of aromatic nitrogens is 1. The lowest BCUT2D eigenvalue weighted by molar-refractivity contribution is -0.112. The zero-order valence-corrected chi connectivity index (χ0v) is 14.4. The van der Waals surface area contributed by atoms with Gasteiger partial charge < -0.3 is 21.4 Å². The topological polar surface area (TPSA) is 100 Å². The van der Waals surface area contributed by atoms with Crippen molar-refractivity contribution >= 4 is 28.4 Å². The van der Waals surface area contributed by atoms with Crippen molar-refractivity contribution < 1.29 is 9.59 Å². The smallest absolute Gasteiger partial charge is 0.252 e. The van der Waals surface area contributed by atoms with Gasteiger partial charge in [-0.3, -0.25) is 9.59 Å². The zero-order chi connectivity index (χ0) is 18.7. The lowest BCUT2D eigenvalue weighted by atomic mass is 9.98. The Hall–Kier alpha value is -3.38. The molecule has 26 heavy (non-hydrogen) atoms. The number of carbonyl (C=O) groups excluding carboxylic acids is 2. The molecule has 0 radical (unpaired) electrons. The van der Waals surface area contributed by atoms with E-state index in [1.54, 1.807) is 19.3 Å². The maximum Gasteiger partial charge on any atom is 0.252 e. The summed E-state index contributed by atoms with van der Waals surface area (Å²) in [5.74, 6) is -0.708. The number of nitrogens with one attached hydrogen (secondary N) is 3. The summed E-state index contributed by atoms with van der Waals surface area (Å²) in [6.07, 6.45) is 1.77. The minimum absolute atomic E-state index is 0.229. The highest BCUT2D eigenvalue weighted by Crippen LogP contribution is 2.31. The van der Waals surface area contributed by atoms with E-state index in [4.69, 9.17) is 5.73 Å². The van der Waals surface area contributed by atoms with Crippen LogP contribution in [0.4, 0.5) is 5.69 Å². The second kappa shape index (κ2) is 7.25. The average Bonchev–Trinajstić information content (AvgIpc) is 3.10. The lowest BCUT2D eigenvalue weighted by Crippen LogP contribution is -2.21. The predicted molar refractivity (Wildman–Crippen MR) is 104 cm³/mol. The Bertz CT molecular complexity index is 1000. The second-order valence-electron chi connectivity index (χ2n) is 5.96. The van der Waals surface area contributed by atoms with Crippen LogP contribution >= 0.6 is 0 Å². The summed E-state index contributed by atoms with van der Waals surface area (Å²) in [7, 11) is 1.76. The third kappa shape index (κ3) is 3.36. The molecule has 0 unspecified atom stereocenters. The summed E-state index contributed by atoms with van der Waals surface area (Å²) in [5.41, 5.74) is 9.58. The highest BCUT2D eigenvalue weighted by molar-refractivity contribution is 6.09. The molecule has 5 N–H and O–H groups in total. The fourth-order valence-electron chi connectivity index (χ4n) is 2.89. The third-order valence-corrected chi connectivity index (χ3v) is 4.13. The number of amides is 2. The molecule has 132 valence electrons. The number of hydrogen-bond acceptors (Lipinski definition) is 3. The van der Waals surface area contributed by atoms with Crippen molar-refractivity contribution in [2.24, 2.45) is 5.73 Å². The number of primary amides is 1. The first-order chi connectivity index (χ1) is 12.5. The van der Waals surface area contributed by atoms with Crippen molar-refractivity contribution in [2.45, 2.75) is 0 Å². The van der Waals surface area contributed by atoms with Crippen LogP contribution in [0.25, 0.3) is 22.0 Å². The number of nitrogens with two attached hydrogens (primary N) is 1. The molecule has 3 aromatic rings. The normalized spacial score (nSPS) is 10.7. The van der Waals surface area contributed by atoms with Crippen LogP contribution in [0.2, 0.25) is 0 Å². The molecule has 0 saturated carbocycles. The number of hydrogen-bond donors (Lipinski definition) is 4. The van der Waals surface area contributed by atoms with Crippen LogP contribution in [-0.2, 0) is 4.79 Å². The van der Waals surface area contributed by atoms with Crippen molar-refractivity contribution in [2.75, 3.05) is 18.9 Å². The molecule has 0 spiro atoms. The highest BCUT2D eigenvalue weighted by atomic mass is 16.2. The number of aromatic amines is 1. The Morgan fingerprint density at radius 1 is 1.19 bits per heavy atom. The van der Waals surface area contributed by atoms with Crippen LogP contribution in [0.3, 0.4) is 0 Å². The SMILES string of the molecule is C=C(CNC)C(=O)Nc1cccc(-c2ccc(C(N)=O)c3[nH]ccc23)c1. The summed E-state index contributed by atoms with van der Waals surface area (Å²) >= 11 is 0. The Balaban J connectivity index is 1.96. The van der Waals surface area contributed by atoms with Crippen LogP contribution in [0.1, 0.15) is 10.4 Å². The van der Waals surface area contributed by atoms with Crippen molar-refractivity contribution in [3.05, 3.63) is 66.4 Å². The lowest BCUT2D eigenvalue weighted by Gasteiger charge is -2.10. The van der Waals surface area contributed by atoms with Gasteiger partial charge in [0, 0.05) is 29.4 Å². The molecule has 6 nitrogen and oxygen atoms in total. The number of likely N-dealkylation sites (N-methyl/N-ethyl adjacent to an activating group) is 1. The first-order valence-electron chi connectivity index (χ1n) is 8.15. The summed E-state index contributed by atoms with van der Waals surface area (Å²) in [5, 5.41) is 6.64. The minimum atomic E-state index is -0.479. The molecular formula is C20H20N4O2. The summed E-state index contributed by atoms with van der Waals surface area (Å²) in [6.45, 7) is 4.18. The van der Waals surface area contributed by atoms with Crippen LogP contribution in [0, 0.1) is 0 Å². The van der Waals surface area contributed by atoms with E-state index < -0.39 is 5.91 Å². The Morgan fingerprint density at radius 3 is 2.73 bits per heavy atom. The van der Waals surface area contributed by atoms with Gasteiger partial charge in [0.05, 0.1) is 11.1 Å². The van der Waals surface area contributed by atoms with E-state index in [0.29, 0.717) is 28.9 Å². The third-order valence-electron chi connectivity index (χ3n) is 4.13. The largest absolute Gasteiger partial charge is 0.366 e. The summed E-state index contributed by atoms with van der Waals surface area (Å²) in [6, 6.07) is 13.0. The maximum absolute atomic E-state index is 12.1. The monoisotopic (exact) mass is 348 g/mol. The standard InChI is InChI=1S/C20H20N4O2/c1-12(11-22-2)20(26)24-14-5-3-4-13(10-14)15-6-7-17(19(21)25)18-16(15)8-9-23-18/h3-10,22-23H,1,11H2,2H3,(H2,21,25)(H,24,26). The first-order valence-corrected chi connectivity index (χ1v) is 8.15. The van der Waals surface area contributed by atoms with Gasteiger partial charge in [-0.2, -0.15) is 0 Å². The molecule has 0 atom stereocenters. The molecule has 0 saturated heterocycles. The molecular weight excluding hydrogens is 328 g/mol. The number of anilines is 1. The molecule has 2 aromatic carbocycles. The van der Waals surface area contributed by atoms with Gasteiger partial charge in [-0.15, -0.1) is 0 Å². The van der Waals surface area contributed by atoms with Gasteiger partial charge in [0.25, 0.3) is 11.8 Å². The number of fused-ring (bicyclic) bond motifs is 1. The van der Waals surface area contributed by atoms with Crippen molar-refractivity contribution in [1.82, 2.24) is 10.3 Å². The molecule has 0 aliphatic rings. The number of H-pyrrole nitrogens is 1. The molecule has 2 amide bonds. The Labute approximate surface area is 151 Å². The van der Waals surface area contributed by atoms with Gasteiger partial charge in [-0.05, 0) is 42.4 Å². The quantitative estimate of drug-likeness (QED) is 0.515. The Kier molecular flexibility index (Phi) is 4.86. The number of carbonyl (C=O) groups is 2. The molecule has 1 heterocycles. The maximum atomic E-state index is 12.1. The van der Waals surface area contributed by atoms with E-state index in [1.165, 1.54) is 0 Å². The van der Waals surface area contributed by atoms with Gasteiger partial charge in [0.15, 0.2) is 0 Å². The minimum Gasteiger partial charge on any atom is -0.366 e. The van der Waals surface area contributed by atoms with Gasteiger partial charge in [0.1, 0.15) is 0 Å². The first kappa shape index (κ1) is 17.4.